The van der Waals surface area contributed by atoms with Gasteiger partial charge in [0, 0.05) is 70.6 Å². The van der Waals surface area contributed by atoms with Gasteiger partial charge in [0.2, 0.25) is 16.8 Å². The maximum atomic E-state index is 14.4. The smallest absolute Gasteiger partial charge is 0.356 e. The monoisotopic (exact) mass is 1090 g/mol. The third kappa shape index (κ3) is 10.1. The number of alkyl halides is 9. The summed E-state index contributed by atoms with van der Waals surface area (Å²) in [5.74, 6) is -0.316. The molecule has 3 unspecified atom stereocenters. The molecule has 3 N–H and O–H groups in total. The van der Waals surface area contributed by atoms with E-state index in [2.05, 4.69) is 40.5 Å². The predicted octanol–water partition coefficient (Wildman–Crippen LogP) is 13.4. The lowest BCUT2D eigenvalue weighted by Crippen LogP contribution is -2.52. The third-order valence-electron chi connectivity index (χ3n) is 11.8. The molecule has 5 aromatic rings. The Morgan fingerprint density at radius 1 is 0.630 bits per heavy atom. The number of nitrogens with zero attached hydrogens (tertiary/aromatic N) is 7. The Hall–Kier alpha value is -5.62. The molecule has 10 rings (SSSR count). The van der Waals surface area contributed by atoms with E-state index in [1.165, 1.54) is 91.8 Å². The van der Waals surface area contributed by atoms with Gasteiger partial charge in [-0.15, -0.1) is 0 Å². The lowest BCUT2D eigenvalue weighted by molar-refractivity contribution is -0.269. The highest BCUT2D eigenvalue weighted by atomic mass is 35.5. The summed E-state index contributed by atoms with van der Waals surface area (Å²) in [4.78, 5) is 24.0. The second-order valence-electron chi connectivity index (χ2n) is 18.1. The molecule has 9 heterocycles. The number of fused-ring (bicyclic) bond motifs is 6. The Bertz CT molecular complexity index is 2850. The predicted molar refractivity (Wildman–Crippen MR) is 252 cm³/mol. The van der Waals surface area contributed by atoms with Crippen LogP contribution in [0, 0.1) is 17.8 Å². The van der Waals surface area contributed by atoms with E-state index in [9.17, 15) is 44.7 Å². The summed E-state index contributed by atoms with van der Waals surface area (Å²) < 4.78 is 145. The van der Waals surface area contributed by atoms with Crippen molar-refractivity contribution in [3.8, 4) is 0 Å². The highest BCUT2D eigenvalue weighted by Crippen LogP contribution is 2.57. The van der Waals surface area contributed by atoms with Gasteiger partial charge in [-0.3, -0.25) is 5.21 Å². The topological polar surface area (TPSA) is 152 Å². The first-order chi connectivity index (χ1) is 34.3. The molecule has 0 spiro atoms. The van der Waals surface area contributed by atoms with Gasteiger partial charge >= 0.3 is 18.5 Å². The molecular weight excluding hydrogens is 1040 g/mol. The highest BCUT2D eigenvalue weighted by Gasteiger charge is 2.66. The Morgan fingerprint density at radius 2 is 1.07 bits per heavy atom. The fourth-order valence-corrected chi connectivity index (χ4v) is 8.82. The number of halogens is 12. The lowest BCUT2D eigenvalue weighted by atomic mass is 9.81. The SMILES string of the molecule is CC(C)COC1(C(F)(F)F)c2cccnc2Nc2ncc(Cl)cc21.CC(C)COC1(C(F)(F)F)c2cccnc2Nc2ncc(Cl)cc21.ON1C=CC=C2C1=Nc1ncc(Cl)cc1C2(OCC1CC1)C(F)(F)F. The van der Waals surface area contributed by atoms with Crippen molar-refractivity contribution in [2.24, 2.45) is 22.7 Å². The first-order valence-corrected chi connectivity index (χ1v) is 23.5. The molecule has 0 radical (unpaired) electrons. The number of allylic oxidation sites excluding steroid dienone is 2. The van der Waals surface area contributed by atoms with E-state index in [-0.39, 0.29) is 121 Å². The van der Waals surface area contributed by atoms with Crippen LogP contribution in [0.15, 0.2) is 102 Å². The summed E-state index contributed by atoms with van der Waals surface area (Å²) in [5, 5.41) is 16.4. The van der Waals surface area contributed by atoms with E-state index in [1.54, 1.807) is 27.7 Å². The molecule has 5 aliphatic rings. The molecule has 1 aliphatic carbocycles. The second-order valence-corrected chi connectivity index (χ2v) is 19.4. The molecule has 1 fully saturated rings. The summed E-state index contributed by atoms with van der Waals surface area (Å²) in [6.45, 7) is 6.92. The van der Waals surface area contributed by atoms with Gasteiger partial charge in [0.05, 0.1) is 34.9 Å². The molecular formula is C48H43Cl3F9N9O4. The lowest BCUT2D eigenvalue weighted by Gasteiger charge is -2.42. The van der Waals surface area contributed by atoms with Crippen LogP contribution in [0.5, 0.6) is 0 Å². The number of rotatable bonds is 9. The minimum absolute atomic E-state index is 0.0340. The van der Waals surface area contributed by atoms with Crippen LogP contribution in [0.1, 0.15) is 68.4 Å². The van der Waals surface area contributed by atoms with E-state index >= 15 is 0 Å². The summed E-state index contributed by atoms with van der Waals surface area (Å²) in [5.41, 5.74) is -9.21. The van der Waals surface area contributed by atoms with Gasteiger partial charge in [-0.2, -0.15) is 39.5 Å². The van der Waals surface area contributed by atoms with Crippen molar-refractivity contribution >= 4 is 69.7 Å². The standard InChI is InChI=1S/C16H13ClF3N3O2.2C16H15ClF3N3O/c17-10-6-12-13(21-7-10)22-14-11(2-1-5-23(14)24)15(12,16(18,19)20)25-8-9-3-4-9;2*1-9(2)8-24-15(16(18,19)20)11-4-3-5-21-13(11)23-14-12(15)6-10(17)7-22-14/h1-2,5-7,9,24H,3-4,8H2;2*3-7,9H,8H2,1-2H3,(H,21,22,23). The minimum Gasteiger partial charge on any atom is -0.356 e. The second kappa shape index (κ2) is 20.2. The molecule has 4 aliphatic heterocycles. The molecule has 0 amide bonds. The molecule has 5 aromatic heterocycles. The number of amidine groups is 1. The van der Waals surface area contributed by atoms with Crippen LogP contribution in [-0.2, 0) is 31.0 Å². The molecule has 0 saturated heterocycles. The van der Waals surface area contributed by atoms with Gasteiger partial charge in [0.25, 0.3) is 0 Å². The normalized spacial score (nSPS) is 21.5. The van der Waals surface area contributed by atoms with Crippen molar-refractivity contribution in [3.05, 3.63) is 140 Å². The molecule has 3 atom stereocenters. The Morgan fingerprint density at radius 3 is 1.51 bits per heavy atom. The third-order valence-corrected chi connectivity index (χ3v) is 12.4. The highest BCUT2D eigenvalue weighted by molar-refractivity contribution is 6.31. The van der Waals surface area contributed by atoms with Crippen molar-refractivity contribution in [2.75, 3.05) is 30.5 Å². The van der Waals surface area contributed by atoms with Gasteiger partial charge < -0.3 is 24.8 Å². The summed E-state index contributed by atoms with van der Waals surface area (Å²) >= 11 is 17.7. The van der Waals surface area contributed by atoms with Crippen LogP contribution in [-0.4, -0.2) is 79.4 Å². The molecule has 388 valence electrons. The Kier molecular flexibility index (Phi) is 14.9. The summed E-state index contributed by atoms with van der Waals surface area (Å²) in [6.07, 6.45) is -2.22. The number of anilines is 4. The summed E-state index contributed by atoms with van der Waals surface area (Å²) in [7, 11) is 0. The van der Waals surface area contributed by atoms with Crippen molar-refractivity contribution in [1.82, 2.24) is 30.0 Å². The van der Waals surface area contributed by atoms with E-state index < -0.39 is 35.3 Å². The van der Waals surface area contributed by atoms with Crippen LogP contribution in [0.3, 0.4) is 0 Å². The number of aliphatic imine (C=N–C) groups is 1. The van der Waals surface area contributed by atoms with Crippen molar-refractivity contribution < 1.29 is 58.9 Å². The minimum atomic E-state index is -4.80. The molecule has 13 nitrogen and oxygen atoms in total. The van der Waals surface area contributed by atoms with Gasteiger partial charge in [0.1, 0.15) is 23.3 Å². The number of ether oxygens (including phenoxy) is 3. The number of hydrogen-bond donors (Lipinski definition) is 3. The van der Waals surface area contributed by atoms with Crippen molar-refractivity contribution in [3.63, 3.8) is 0 Å². The van der Waals surface area contributed by atoms with Crippen LogP contribution in [0.2, 0.25) is 15.1 Å². The first kappa shape index (κ1) is 53.7. The summed E-state index contributed by atoms with van der Waals surface area (Å²) in [6, 6.07) is 9.25. The average molecular weight is 1090 g/mol. The van der Waals surface area contributed by atoms with Gasteiger partial charge in [-0.1, -0.05) is 80.7 Å². The van der Waals surface area contributed by atoms with Gasteiger partial charge in [-0.05, 0) is 67.0 Å². The molecule has 1 saturated carbocycles. The fraction of sp³-hybridized carbons (Fsp3) is 0.375. The number of hydroxylamine groups is 2. The van der Waals surface area contributed by atoms with Crippen LogP contribution < -0.4 is 10.6 Å². The number of nitrogens with one attached hydrogen (secondary N) is 2. The molecule has 25 heteroatoms. The van der Waals surface area contributed by atoms with Crippen molar-refractivity contribution in [1.29, 1.82) is 0 Å². The van der Waals surface area contributed by atoms with E-state index in [4.69, 9.17) is 49.0 Å². The van der Waals surface area contributed by atoms with Gasteiger partial charge in [0.15, 0.2) is 11.7 Å². The largest absolute Gasteiger partial charge is 0.426 e. The van der Waals surface area contributed by atoms with Crippen molar-refractivity contribution in [2.45, 2.75) is 75.9 Å². The maximum absolute atomic E-state index is 14.4. The zero-order valence-electron chi connectivity index (χ0n) is 38.8. The zero-order valence-corrected chi connectivity index (χ0v) is 41.0. The van der Waals surface area contributed by atoms with E-state index in [1.807, 2.05) is 0 Å². The van der Waals surface area contributed by atoms with Gasteiger partial charge in [-0.25, -0.2) is 35.0 Å². The average Bonchev–Trinajstić information content (AvgIpc) is 4.15. The molecule has 0 bridgehead atoms. The Balaban J connectivity index is 0.000000146. The van der Waals surface area contributed by atoms with E-state index in [0.29, 0.717) is 5.06 Å². The fourth-order valence-electron chi connectivity index (χ4n) is 8.35. The molecule has 0 aromatic carbocycles. The zero-order chi connectivity index (χ0) is 52.9. The number of hydrogen-bond acceptors (Lipinski definition) is 13. The maximum Gasteiger partial charge on any atom is 0.426 e. The van der Waals surface area contributed by atoms with Crippen LogP contribution in [0.25, 0.3) is 0 Å². The Labute approximate surface area is 426 Å². The molecule has 73 heavy (non-hydrogen) atoms. The van der Waals surface area contributed by atoms with Crippen LogP contribution in [0.4, 0.5) is 68.6 Å². The van der Waals surface area contributed by atoms with E-state index in [0.717, 1.165) is 12.8 Å². The quantitative estimate of drug-likeness (QED) is 0.120. The number of aromatic nitrogens is 5. The first-order valence-electron chi connectivity index (χ1n) is 22.3. The number of pyridine rings is 5. The van der Waals surface area contributed by atoms with Crippen LogP contribution >= 0.6 is 34.8 Å².